The first-order valence-electron chi connectivity index (χ1n) is 6.92. The molecular formula is C17H20BrNO. The Morgan fingerprint density at radius 2 is 1.85 bits per heavy atom. The minimum Gasteiger partial charge on any atom is -0.456 e. The molecule has 2 aromatic rings. The monoisotopic (exact) mass is 333 g/mol. The smallest absolute Gasteiger partial charge is 0.141 e. The number of hydrogen-bond donors (Lipinski definition) is 1. The lowest BCUT2D eigenvalue weighted by Gasteiger charge is -2.11. The lowest BCUT2D eigenvalue weighted by molar-refractivity contribution is 0.479. The summed E-state index contributed by atoms with van der Waals surface area (Å²) in [6, 6.07) is 14.2. The van der Waals surface area contributed by atoms with Crippen molar-refractivity contribution in [3.05, 3.63) is 58.1 Å². The fraction of sp³-hybridized carbons (Fsp3) is 0.294. The van der Waals surface area contributed by atoms with E-state index in [2.05, 4.69) is 35.0 Å². The predicted molar refractivity (Wildman–Crippen MR) is 87.3 cm³/mol. The Balaban J connectivity index is 2.13. The van der Waals surface area contributed by atoms with E-state index in [4.69, 9.17) is 10.5 Å². The maximum atomic E-state index is 5.89. The standard InChI is InChI=1S/C17H20BrNO/c1-3-4-13-5-8-15(9-6-13)20-17-10-7-14(12(2)19)11-16(17)18/h5-12H,3-4,19H2,1-2H3/t12-/m1/s1. The van der Waals surface area contributed by atoms with Gasteiger partial charge in [-0.2, -0.15) is 0 Å². The largest absolute Gasteiger partial charge is 0.456 e. The first-order valence-corrected chi connectivity index (χ1v) is 7.71. The number of halogens is 1. The molecule has 1 atom stereocenters. The fourth-order valence-electron chi connectivity index (χ4n) is 2.02. The molecule has 0 aliphatic carbocycles. The second kappa shape index (κ2) is 6.91. The van der Waals surface area contributed by atoms with E-state index in [1.165, 1.54) is 5.56 Å². The highest BCUT2D eigenvalue weighted by Crippen LogP contribution is 2.31. The molecule has 0 heterocycles. The van der Waals surface area contributed by atoms with Crippen LogP contribution in [0.5, 0.6) is 11.5 Å². The van der Waals surface area contributed by atoms with Crippen molar-refractivity contribution in [2.75, 3.05) is 0 Å². The second-order valence-electron chi connectivity index (χ2n) is 4.97. The van der Waals surface area contributed by atoms with Gasteiger partial charge < -0.3 is 10.5 Å². The van der Waals surface area contributed by atoms with Crippen molar-refractivity contribution >= 4 is 15.9 Å². The Hall–Kier alpha value is -1.32. The van der Waals surface area contributed by atoms with Crippen LogP contribution in [0, 0.1) is 0 Å². The molecule has 3 heteroatoms. The van der Waals surface area contributed by atoms with E-state index in [0.29, 0.717) is 0 Å². The van der Waals surface area contributed by atoms with E-state index in [-0.39, 0.29) is 6.04 Å². The van der Waals surface area contributed by atoms with E-state index in [1.807, 2.05) is 37.3 Å². The summed E-state index contributed by atoms with van der Waals surface area (Å²) in [6.07, 6.45) is 2.26. The highest BCUT2D eigenvalue weighted by molar-refractivity contribution is 9.10. The highest BCUT2D eigenvalue weighted by atomic mass is 79.9. The van der Waals surface area contributed by atoms with Crippen molar-refractivity contribution in [3.8, 4) is 11.5 Å². The first-order chi connectivity index (χ1) is 9.60. The van der Waals surface area contributed by atoms with Gasteiger partial charge in [-0.3, -0.25) is 0 Å². The zero-order chi connectivity index (χ0) is 14.5. The van der Waals surface area contributed by atoms with Crippen LogP contribution in [-0.4, -0.2) is 0 Å². The van der Waals surface area contributed by atoms with Crippen LogP contribution >= 0.6 is 15.9 Å². The van der Waals surface area contributed by atoms with Crippen molar-refractivity contribution in [2.45, 2.75) is 32.7 Å². The van der Waals surface area contributed by atoms with Gasteiger partial charge in [0.05, 0.1) is 4.47 Å². The van der Waals surface area contributed by atoms with Crippen LogP contribution in [0.4, 0.5) is 0 Å². The maximum absolute atomic E-state index is 5.89. The number of benzene rings is 2. The van der Waals surface area contributed by atoms with E-state index in [0.717, 1.165) is 34.4 Å². The summed E-state index contributed by atoms with van der Waals surface area (Å²) in [5, 5.41) is 0. The number of nitrogens with two attached hydrogens (primary N) is 1. The molecule has 2 rings (SSSR count). The molecule has 0 saturated heterocycles. The predicted octanol–water partition coefficient (Wildman–Crippen LogP) is 5.21. The lowest BCUT2D eigenvalue weighted by Crippen LogP contribution is -2.04. The third-order valence-corrected chi connectivity index (χ3v) is 3.79. The number of ether oxygens (including phenoxy) is 1. The van der Waals surface area contributed by atoms with Crippen molar-refractivity contribution in [1.82, 2.24) is 0 Å². The van der Waals surface area contributed by atoms with Crippen molar-refractivity contribution in [3.63, 3.8) is 0 Å². The summed E-state index contributed by atoms with van der Waals surface area (Å²) in [7, 11) is 0. The Kier molecular flexibility index (Phi) is 5.21. The third-order valence-electron chi connectivity index (χ3n) is 3.17. The topological polar surface area (TPSA) is 35.2 Å². The van der Waals surface area contributed by atoms with E-state index in [9.17, 15) is 0 Å². The van der Waals surface area contributed by atoms with Crippen molar-refractivity contribution in [1.29, 1.82) is 0 Å². The molecule has 0 fully saturated rings. The van der Waals surface area contributed by atoms with Gasteiger partial charge in [0.15, 0.2) is 0 Å². The van der Waals surface area contributed by atoms with Gasteiger partial charge in [0.2, 0.25) is 0 Å². The summed E-state index contributed by atoms with van der Waals surface area (Å²) in [5.41, 5.74) is 8.29. The second-order valence-corrected chi connectivity index (χ2v) is 5.83. The summed E-state index contributed by atoms with van der Waals surface area (Å²) < 4.78 is 6.81. The number of hydrogen-bond acceptors (Lipinski definition) is 2. The molecule has 0 spiro atoms. The quantitative estimate of drug-likeness (QED) is 0.814. The minimum atomic E-state index is 0.0219. The van der Waals surface area contributed by atoms with Gasteiger partial charge in [-0.1, -0.05) is 31.5 Å². The molecular weight excluding hydrogens is 314 g/mol. The molecule has 0 aliphatic rings. The lowest BCUT2D eigenvalue weighted by atomic mass is 10.1. The van der Waals surface area contributed by atoms with Gasteiger partial charge >= 0.3 is 0 Å². The average molecular weight is 334 g/mol. The third kappa shape index (κ3) is 3.84. The fourth-order valence-corrected chi connectivity index (χ4v) is 2.50. The van der Waals surface area contributed by atoms with Gasteiger partial charge in [-0.05, 0) is 64.7 Å². The van der Waals surface area contributed by atoms with Crippen molar-refractivity contribution < 1.29 is 4.74 Å². The normalized spacial score (nSPS) is 12.2. The summed E-state index contributed by atoms with van der Waals surface area (Å²) >= 11 is 3.53. The molecule has 0 aliphatic heterocycles. The Bertz CT molecular complexity index is 564. The van der Waals surface area contributed by atoms with Crippen LogP contribution in [0.3, 0.4) is 0 Å². The molecule has 20 heavy (non-hydrogen) atoms. The molecule has 106 valence electrons. The number of rotatable bonds is 5. The van der Waals surface area contributed by atoms with Crippen LogP contribution in [0.15, 0.2) is 46.9 Å². The molecule has 0 saturated carbocycles. The summed E-state index contributed by atoms with van der Waals surface area (Å²) in [4.78, 5) is 0. The molecule has 2 nitrogen and oxygen atoms in total. The molecule has 0 radical (unpaired) electrons. The van der Waals surface area contributed by atoms with Crippen LogP contribution in [0.25, 0.3) is 0 Å². The Morgan fingerprint density at radius 3 is 2.40 bits per heavy atom. The SMILES string of the molecule is CCCc1ccc(Oc2ccc([C@@H](C)N)cc2Br)cc1. The zero-order valence-corrected chi connectivity index (χ0v) is 13.5. The van der Waals surface area contributed by atoms with Gasteiger partial charge in [0, 0.05) is 6.04 Å². The summed E-state index contributed by atoms with van der Waals surface area (Å²) in [5.74, 6) is 1.65. The maximum Gasteiger partial charge on any atom is 0.141 e. The molecule has 0 amide bonds. The van der Waals surface area contributed by atoms with Gasteiger partial charge in [0.25, 0.3) is 0 Å². The molecule has 0 aromatic heterocycles. The van der Waals surface area contributed by atoms with Gasteiger partial charge in [-0.25, -0.2) is 0 Å². The van der Waals surface area contributed by atoms with Crippen LogP contribution in [0.1, 0.15) is 37.4 Å². The van der Waals surface area contributed by atoms with Gasteiger partial charge in [0.1, 0.15) is 11.5 Å². The van der Waals surface area contributed by atoms with E-state index >= 15 is 0 Å². The molecule has 2 aromatic carbocycles. The van der Waals surface area contributed by atoms with Crippen LogP contribution < -0.4 is 10.5 Å². The Labute approximate surface area is 129 Å². The van der Waals surface area contributed by atoms with Crippen LogP contribution in [0.2, 0.25) is 0 Å². The number of aryl methyl sites for hydroxylation is 1. The molecule has 0 unspecified atom stereocenters. The first kappa shape index (κ1) is 15.1. The zero-order valence-electron chi connectivity index (χ0n) is 11.9. The average Bonchev–Trinajstić information content (AvgIpc) is 2.43. The molecule has 2 N–H and O–H groups in total. The van der Waals surface area contributed by atoms with Crippen molar-refractivity contribution in [2.24, 2.45) is 5.73 Å². The van der Waals surface area contributed by atoms with Crippen LogP contribution in [-0.2, 0) is 6.42 Å². The molecule has 0 bridgehead atoms. The minimum absolute atomic E-state index is 0.0219. The highest BCUT2D eigenvalue weighted by Gasteiger charge is 2.06. The Morgan fingerprint density at radius 1 is 1.15 bits per heavy atom. The van der Waals surface area contributed by atoms with Gasteiger partial charge in [-0.15, -0.1) is 0 Å². The summed E-state index contributed by atoms with van der Waals surface area (Å²) in [6.45, 7) is 4.15. The van der Waals surface area contributed by atoms with E-state index in [1.54, 1.807) is 0 Å². The van der Waals surface area contributed by atoms with E-state index < -0.39 is 0 Å².